The van der Waals surface area contributed by atoms with Gasteiger partial charge in [0.25, 0.3) is 11.8 Å². The largest absolute Gasteiger partial charge is 0.361 e. The Kier molecular flexibility index (Phi) is 6.34. The summed E-state index contributed by atoms with van der Waals surface area (Å²) in [6.45, 7) is 4.79. The number of nitrogens with zero attached hydrogens (tertiary/aromatic N) is 2. The summed E-state index contributed by atoms with van der Waals surface area (Å²) in [5, 5.41) is 3.77. The second-order valence-electron chi connectivity index (χ2n) is 5.99. The summed E-state index contributed by atoms with van der Waals surface area (Å²) >= 11 is 0. The Morgan fingerprint density at radius 1 is 1.15 bits per heavy atom. The molecule has 0 saturated carbocycles. The molecule has 1 aromatic carbocycles. The Balaban J connectivity index is 1.97. The van der Waals surface area contributed by atoms with Crippen LogP contribution in [0, 0.1) is 13.8 Å². The fraction of sp³-hybridized carbons (Fsp3) is 0.353. The van der Waals surface area contributed by atoms with Crippen molar-refractivity contribution in [1.29, 1.82) is 0 Å². The van der Waals surface area contributed by atoms with Crippen LogP contribution in [0.2, 0.25) is 0 Å². The molecular weight excluding hydrogens is 372 g/mol. The van der Waals surface area contributed by atoms with Crippen LogP contribution in [-0.2, 0) is 21.2 Å². The maximum absolute atomic E-state index is 12.5. The molecule has 0 radical (unpaired) electrons. The minimum atomic E-state index is -3.82. The number of hydrogen-bond acceptors (Lipinski definition) is 6. The standard InChI is InChI=1S/C17H22N4O5S/c1-5-14-16(12(3)26-20-14)17(23)19-18-15(22)10-21(4)27(24,25)13-8-6-11(2)7-9-13/h6-9H,5,10H2,1-4H3,(H,18,22)(H,19,23). The third-order valence-electron chi connectivity index (χ3n) is 3.91. The van der Waals surface area contributed by atoms with Crippen molar-refractivity contribution >= 4 is 21.8 Å². The van der Waals surface area contributed by atoms with Crippen molar-refractivity contribution in [3.63, 3.8) is 0 Å². The summed E-state index contributed by atoms with van der Waals surface area (Å²) < 4.78 is 30.8. The topological polar surface area (TPSA) is 122 Å². The Bertz CT molecular complexity index is 935. The third kappa shape index (κ3) is 4.72. The number of benzene rings is 1. The smallest absolute Gasteiger partial charge is 0.275 e. The molecule has 1 aromatic heterocycles. The number of amides is 2. The molecule has 0 atom stereocenters. The predicted molar refractivity (Wildman–Crippen MR) is 97.2 cm³/mol. The highest BCUT2D eigenvalue weighted by Crippen LogP contribution is 2.15. The van der Waals surface area contributed by atoms with Gasteiger partial charge in [-0.2, -0.15) is 4.31 Å². The lowest BCUT2D eigenvalue weighted by Crippen LogP contribution is -2.47. The second-order valence-corrected chi connectivity index (χ2v) is 8.04. The fourth-order valence-electron chi connectivity index (χ4n) is 2.36. The van der Waals surface area contributed by atoms with Gasteiger partial charge in [0.05, 0.1) is 17.1 Å². The predicted octanol–water partition coefficient (Wildman–Crippen LogP) is 0.936. The number of hydrogen-bond donors (Lipinski definition) is 2. The van der Waals surface area contributed by atoms with Crippen molar-refractivity contribution in [3.8, 4) is 0 Å². The van der Waals surface area contributed by atoms with Crippen LogP contribution in [0.15, 0.2) is 33.7 Å². The lowest BCUT2D eigenvalue weighted by Gasteiger charge is -2.17. The lowest BCUT2D eigenvalue weighted by molar-refractivity contribution is -0.121. The molecule has 146 valence electrons. The second kappa shape index (κ2) is 8.31. The molecule has 2 amide bonds. The number of aromatic nitrogens is 1. The van der Waals surface area contributed by atoms with E-state index in [4.69, 9.17) is 4.52 Å². The minimum absolute atomic E-state index is 0.0834. The minimum Gasteiger partial charge on any atom is -0.361 e. The summed E-state index contributed by atoms with van der Waals surface area (Å²) in [7, 11) is -2.53. The van der Waals surface area contributed by atoms with E-state index < -0.39 is 28.4 Å². The molecular formula is C17H22N4O5S. The highest BCUT2D eigenvalue weighted by Gasteiger charge is 2.24. The number of rotatable bonds is 6. The van der Waals surface area contributed by atoms with E-state index in [-0.39, 0.29) is 10.5 Å². The van der Waals surface area contributed by atoms with Gasteiger partial charge in [0.2, 0.25) is 10.0 Å². The molecule has 0 spiro atoms. The summed E-state index contributed by atoms with van der Waals surface area (Å²) in [5.41, 5.74) is 6.09. The summed E-state index contributed by atoms with van der Waals surface area (Å²) in [5.74, 6) is -0.936. The highest BCUT2D eigenvalue weighted by molar-refractivity contribution is 7.89. The average Bonchev–Trinajstić information content (AvgIpc) is 3.00. The van der Waals surface area contributed by atoms with Crippen molar-refractivity contribution in [2.75, 3.05) is 13.6 Å². The van der Waals surface area contributed by atoms with E-state index in [1.165, 1.54) is 19.2 Å². The number of likely N-dealkylation sites (N-methyl/N-ethyl adjacent to an activating group) is 1. The molecule has 1 heterocycles. The van der Waals surface area contributed by atoms with Crippen LogP contribution in [0.4, 0.5) is 0 Å². The molecule has 0 aliphatic heterocycles. The quantitative estimate of drug-likeness (QED) is 0.703. The van der Waals surface area contributed by atoms with E-state index >= 15 is 0 Å². The van der Waals surface area contributed by atoms with E-state index in [1.807, 2.05) is 13.8 Å². The number of nitrogens with one attached hydrogen (secondary N) is 2. The molecule has 2 N–H and O–H groups in total. The van der Waals surface area contributed by atoms with Crippen molar-refractivity contribution in [1.82, 2.24) is 20.3 Å². The summed E-state index contributed by atoms with van der Waals surface area (Å²) in [6, 6.07) is 6.30. The normalized spacial score (nSPS) is 11.4. The van der Waals surface area contributed by atoms with E-state index in [9.17, 15) is 18.0 Å². The van der Waals surface area contributed by atoms with Gasteiger partial charge in [-0.1, -0.05) is 29.8 Å². The zero-order valence-electron chi connectivity index (χ0n) is 15.6. The molecule has 0 fully saturated rings. The molecule has 0 bridgehead atoms. The molecule has 10 heteroatoms. The van der Waals surface area contributed by atoms with Crippen LogP contribution in [0.1, 0.15) is 34.3 Å². The number of aryl methyl sites for hydroxylation is 3. The molecule has 0 aliphatic rings. The first-order chi connectivity index (χ1) is 12.7. The number of carbonyl (C=O) groups is 2. The van der Waals surface area contributed by atoms with Crippen molar-refractivity contribution in [2.45, 2.75) is 32.1 Å². The van der Waals surface area contributed by atoms with Gasteiger partial charge in [0.15, 0.2) is 0 Å². The molecule has 2 rings (SSSR count). The van der Waals surface area contributed by atoms with Gasteiger partial charge in [-0.25, -0.2) is 8.42 Å². The van der Waals surface area contributed by atoms with Gasteiger partial charge < -0.3 is 4.52 Å². The molecule has 27 heavy (non-hydrogen) atoms. The molecule has 9 nitrogen and oxygen atoms in total. The zero-order valence-corrected chi connectivity index (χ0v) is 16.4. The molecule has 0 unspecified atom stereocenters. The van der Waals surface area contributed by atoms with E-state index in [0.29, 0.717) is 17.9 Å². The number of hydrazine groups is 1. The maximum Gasteiger partial charge on any atom is 0.275 e. The van der Waals surface area contributed by atoms with Crippen LogP contribution >= 0.6 is 0 Å². The SMILES string of the molecule is CCc1noc(C)c1C(=O)NNC(=O)CN(C)S(=O)(=O)c1ccc(C)cc1. The van der Waals surface area contributed by atoms with Crippen LogP contribution in [0.25, 0.3) is 0 Å². The third-order valence-corrected chi connectivity index (χ3v) is 5.72. The Hall–Kier alpha value is -2.72. The van der Waals surface area contributed by atoms with Gasteiger partial charge in [0, 0.05) is 7.05 Å². The van der Waals surface area contributed by atoms with Gasteiger partial charge >= 0.3 is 0 Å². The van der Waals surface area contributed by atoms with E-state index in [2.05, 4.69) is 16.0 Å². The zero-order chi connectivity index (χ0) is 20.2. The first-order valence-corrected chi connectivity index (χ1v) is 9.68. The first kappa shape index (κ1) is 20.6. The first-order valence-electron chi connectivity index (χ1n) is 8.24. The number of carbonyl (C=O) groups excluding carboxylic acids is 2. The van der Waals surface area contributed by atoms with E-state index in [1.54, 1.807) is 19.1 Å². The van der Waals surface area contributed by atoms with E-state index in [0.717, 1.165) is 9.87 Å². The Morgan fingerprint density at radius 2 is 1.78 bits per heavy atom. The number of sulfonamides is 1. The summed E-state index contributed by atoms with van der Waals surface area (Å²) in [4.78, 5) is 24.3. The summed E-state index contributed by atoms with van der Waals surface area (Å²) in [6.07, 6.45) is 0.492. The Labute approximate surface area is 157 Å². The van der Waals surface area contributed by atoms with Gasteiger partial charge in [0.1, 0.15) is 11.3 Å². The van der Waals surface area contributed by atoms with Gasteiger partial charge in [-0.15, -0.1) is 0 Å². The Morgan fingerprint density at radius 3 is 2.37 bits per heavy atom. The average molecular weight is 394 g/mol. The lowest BCUT2D eigenvalue weighted by atomic mass is 10.1. The molecule has 2 aromatic rings. The van der Waals surface area contributed by atoms with Crippen LogP contribution in [0.3, 0.4) is 0 Å². The maximum atomic E-state index is 12.5. The van der Waals surface area contributed by atoms with Gasteiger partial charge in [-0.3, -0.25) is 20.4 Å². The van der Waals surface area contributed by atoms with Gasteiger partial charge in [-0.05, 0) is 32.4 Å². The van der Waals surface area contributed by atoms with Crippen LogP contribution in [0.5, 0.6) is 0 Å². The highest BCUT2D eigenvalue weighted by atomic mass is 32.2. The monoisotopic (exact) mass is 394 g/mol. The van der Waals surface area contributed by atoms with Crippen LogP contribution in [-0.4, -0.2) is 43.3 Å². The van der Waals surface area contributed by atoms with Crippen molar-refractivity contribution in [3.05, 3.63) is 46.8 Å². The fourth-order valence-corrected chi connectivity index (χ4v) is 3.48. The van der Waals surface area contributed by atoms with Crippen molar-refractivity contribution < 1.29 is 22.5 Å². The molecule has 0 saturated heterocycles. The van der Waals surface area contributed by atoms with Crippen molar-refractivity contribution in [2.24, 2.45) is 0 Å². The molecule has 0 aliphatic carbocycles. The van der Waals surface area contributed by atoms with Crippen LogP contribution < -0.4 is 10.9 Å².